The number of rotatable bonds is 6. The topological polar surface area (TPSA) is 117 Å². The minimum atomic E-state index is -0.587. The highest BCUT2D eigenvalue weighted by atomic mass is 16.3. The van der Waals surface area contributed by atoms with Gasteiger partial charge in [-0.25, -0.2) is 4.98 Å². The Morgan fingerprint density at radius 2 is 2.07 bits per heavy atom. The van der Waals surface area contributed by atoms with Crippen LogP contribution in [-0.4, -0.2) is 46.7 Å². The summed E-state index contributed by atoms with van der Waals surface area (Å²) < 4.78 is 5.54. The molecule has 2 aromatic rings. The quantitative estimate of drug-likeness (QED) is 0.592. The Morgan fingerprint density at radius 1 is 1.20 bits per heavy atom. The van der Waals surface area contributed by atoms with E-state index in [0.29, 0.717) is 37.5 Å². The number of oxazole rings is 1. The number of aromatic nitrogens is 1. The van der Waals surface area contributed by atoms with E-state index in [1.807, 2.05) is 18.2 Å². The SMILES string of the molecule is O=C1CCC(N2Cc3ccc(CNCc4ncoc4C4CNC4)cc3C2=O)C(=O)N1. The second kappa shape index (κ2) is 7.66. The number of hydrogen-bond acceptors (Lipinski definition) is 7. The van der Waals surface area contributed by atoms with Gasteiger partial charge in [-0.05, 0) is 23.6 Å². The Kier molecular flexibility index (Phi) is 4.84. The van der Waals surface area contributed by atoms with Gasteiger partial charge in [-0.15, -0.1) is 0 Å². The average molecular weight is 409 g/mol. The number of benzene rings is 1. The number of fused-ring (bicyclic) bond motifs is 1. The zero-order valence-electron chi connectivity index (χ0n) is 16.4. The predicted octanol–water partition coefficient (Wildman–Crippen LogP) is 0.412. The molecule has 4 heterocycles. The normalized spacial score (nSPS) is 21.5. The highest BCUT2D eigenvalue weighted by Gasteiger charge is 2.39. The van der Waals surface area contributed by atoms with E-state index in [9.17, 15) is 14.4 Å². The van der Waals surface area contributed by atoms with Crippen molar-refractivity contribution in [3.8, 4) is 0 Å². The summed E-state index contributed by atoms with van der Waals surface area (Å²) in [6, 6.07) is 5.23. The molecule has 3 amide bonds. The lowest BCUT2D eigenvalue weighted by Gasteiger charge is -2.29. The van der Waals surface area contributed by atoms with Crippen molar-refractivity contribution in [3.63, 3.8) is 0 Å². The van der Waals surface area contributed by atoms with Crippen LogP contribution in [0.4, 0.5) is 0 Å². The fourth-order valence-electron chi connectivity index (χ4n) is 4.25. The van der Waals surface area contributed by atoms with Crippen LogP contribution in [0, 0.1) is 0 Å². The first-order valence-electron chi connectivity index (χ1n) is 10.2. The van der Waals surface area contributed by atoms with Crippen molar-refractivity contribution in [2.75, 3.05) is 13.1 Å². The van der Waals surface area contributed by atoms with Crippen molar-refractivity contribution in [1.29, 1.82) is 0 Å². The number of imide groups is 1. The van der Waals surface area contributed by atoms with Gasteiger partial charge in [0.2, 0.25) is 11.8 Å². The van der Waals surface area contributed by atoms with E-state index in [-0.39, 0.29) is 24.1 Å². The van der Waals surface area contributed by atoms with E-state index in [0.717, 1.165) is 35.7 Å². The van der Waals surface area contributed by atoms with E-state index in [2.05, 4.69) is 20.9 Å². The van der Waals surface area contributed by atoms with Crippen molar-refractivity contribution >= 4 is 17.7 Å². The molecule has 2 saturated heterocycles. The molecule has 0 radical (unpaired) electrons. The van der Waals surface area contributed by atoms with E-state index in [4.69, 9.17) is 4.42 Å². The van der Waals surface area contributed by atoms with Crippen molar-refractivity contribution in [1.82, 2.24) is 25.8 Å². The van der Waals surface area contributed by atoms with Gasteiger partial charge in [-0.3, -0.25) is 19.7 Å². The van der Waals surface area contributed by atoms with Gasteiger partial charge in [0.15, 0.2) is 6.39 Å². The lowest BCUT2D eigenvalue weighted by molar-refractivity contribution is -0.136. The second-order valence-electron chi connectivity index (χ2n) is 8.01. The van der Waals surface area contributed by atoms with Crippen molar-refractivity contribution in [2.45, 2.75) is 44.4 Å². The Labute approximate surface area is 173 Å². The number of amides is 3. The van der Waals surface area contributed by atoms with Gasteiger partial charge in [-0.2, -0.15) is 0 Å². The van der Waals surface area contributed by atoms with Crippen LogP contribution in [0.5, 0.6) is 0 Å². The summed E-state index contributed by atoms with van der Waals surface area (Å²) in [7, 11) is 0. The first-order chi connectivity index (χ1) is 14.6. The van der Waals surface area contributed by atoms with Gasteiger partial charge >= 0.3 is 0 Å². The number of piperidine rings is 1. The molecule has 2 fully saturated rings. The number of carbonyl (C=O) groups excluding carboxylic acids is 3. The van der Waals surface area contributed by atoms with Crippen LogP contribution in [0.25, 0.3) is 0 Å². The molecule has 3 aliphatic rings. The molecule has 1 unspecified atom stereocenters. The molecular formula is C21H23N5O4. The molecule has 3 aliphatic heterocycles. The van der Waals surface area contributed by atoms with Crippen molar-refractivity contribution < 1.29 is 18.8 Å². The van der Waals surface area contributed by atoms with Crippen LogP contribution in [-0.2, 0) is 29.2 Å². The summed E-state index contributed by atoms with van der Waals surface area (Å²) in [4.78, 5) is 42.3. The average Bonchev–Trinajstić information content (AvgIpc) is 3.26. The zero-order valence-corrected chi connectivity index (χ0v) is 16.4. The van der Waals surface area contributed by atoms with Crippen LogP contribution in [0.3, 0.4) is 0 Å². The van der Waals surface area contributed by atoms with Crippen LogP contribution in [0.15, 0.2) is 29.0 Å². The Balaban J connectivity index is 1.22. The lowest BCUT2D eigenvalue weighted by atomic mass is 9.99. The predicted molar refractivity (Wildman–Crippen MR) is 105 cm³/mol. The van der Waals surface area contributed by atoms with Crippen LogP contribution in [0.2, 0.25) is 0 Å². The Bertz CT molecular complexity index is 1010. The zero-order chi connectivity index (χ0) is 20.7. The molecule has 9 nitrogen and oxygen atoms in total. The third-order valence-electron chi connectivity index (χ3n) is 6.04. The maximum Gasteiger partial charge on any atom is 0.255 e. The fraction of sp³-hybridized carbons (Fsp3) is 0.429. The fourth-order valence-corrected chi connectivity index (χ4v) is 4.25. The first-order valence-corrected chi connectivity index (χ1v) is 10.2. The molecule has 5 rings (SSSR count). The highest BCUT2D eigenvalue weighted by Crippen LogP contribution is 2.28. The summed E-state index contributed by atoms with van der Waals surface area (Å²) in [6.07, 6.45) is 2.12. The first kappa shape index (κ1) is 19.0. The third kappa shape index (κ3) is 3.40. The largest absolute Gasteiger partial charge is 0.448 e. The minimum Gasteiger partial charge on any atom is -0.448 e. The molecule has 9 heteroatoms. The van der Waals surface area contributed by atoms with E-state index < -0.39 is 6.04 Å². The summed E-state index contributed by atoms with van der Waals surface area (Å²) in [6.45, 7) is 3.41. The number of carbonyl (C=O) groups is 3. The maximum atomic E-state index is 12.9. The molecule has 1 atom stereocenters. The van der Waals surface area contributed by atoms with Gasteiger partial charge in [0.25, 0.3) is 5.91 Å². The smallest absolute Gasteiger partial charge is 0.255 e. The molecule has 0 bridgehead atoms. The minimum absolute atomic E-state index is 0.155. The van der Waals surface area contributed by atoms with Crippen molar-refractivity contribution in [3.05, 3.63) is 52.7 Å². The van der Waals surface area contributed by atoms with Crippen LogP contribution < -0.4 is 16.0 Å². The van der Waals surface area contributed by atoms with Gasteiger partial charge < -0.3 is 20.0 Å². The van der Waals surface area contributed by atoms with E-state index >= 15 is 0 Å². The molecule has 30 heavy (non-hydrogen) atoms. The molecule has 156 valence electrons. The molecule has 0 aliphatic carbocycles. The van der Waals surface area contributed by atoms with Gasteiger partial charge in [0.1, 0.15) is 11.8 Å². The molecule has 0 saturated carbocycles. The number of nitrogens with zero attached hydrogens (tertiary/aromatic N) is 2. The number of hydrogen-bond donors (Lipinski definition) is 3. The maximum absolute atomic E-state index is 12.9. The monoisotopic (exact) mass is 409 g/mol. The summed E-state index contributed by atoms with van der Waals surface area (Å²) in [5, 5.41) is 8.93. The molecule has 3 N–H and O–H groups in total. The number of nitrogens with one attached hydrogen (secondary N) is 3. The molecule has 1 aromatic carbocycles. The molecular weight excluding hydrogens is 386 g/mol. The molecule has 0 spiro atoms. The standard InChI is InChI=1S/C21H23N5O4/c27-18-4-3-17(20(28)25-18)26-10-13-2-1-12(5-15(13)21(26)29)6-22-9-16-19(30-11-24-16)14-7-23-8-14/h1-2,5,11,14,17,22-23H,3-4,6-10H2,(H,25,27,28). The van der Waals surface area contributed by atoms with Gasteiger partial charge in [-0.1, -0.05) is 12.1 Å². The van der Waals surface area contributed by atoms with E-state index in [1.165, 1.54) is 6.39 Å². The Morgan fingerprint density at radius 3 is 2.83 bits per heavy atom. The summed E-state index contributed by atoms with van der Waals surface area (Å²) >= 11 is 0. The third-order valence-corrected chi connectivity index (χ3v) is 6.04. The van der Waals surface area contributed by atoms with Gasteiger partial charge in [0.05, 0.1) is 5.69 Å². The van der Waals surface area contributed by atoms with Crippen molar-refractivity contribution in [2.24, 2.45) is 0 Å². The summed E-state index contributed by atoms with van der Waals surface area (Å²) in [5.74, 6) is 0.500. The molecule has 1 aromatic heterocycles. The highest BCUT2D eigenvalue weighted by molar-refractivity contribution is 6.05. The van der Waals surface area contributed by atoms with Crippen LogP contribution >= 0.6 is 0 Å². The van der Waals surface area contributed by atoms with Crippen LogP contribution in [0.1, 0.15) is 51.7 Å². The van der Waals surface area contributed by atoms with E-state index in [1.54, 1.807) is 4.90 Å². The van der Waals surface area contributed by atoms with Gasteiger partial charge in [0, 0.05) is 50.6 Å². The lowest BCUT2D eigenvalue weighted by Crippen LogP contribution is -2.52. The summed E-state index contributed by atoms with van der Waals surface area (Å²) in [5.41, 5.74) is 3.44. The Hall–Kier alpha value is -3.04. The second-order valence-corrected chi connectivity index (χ2v) is 8.01.